The fourth-order valence-corrected chi connectivity index (χ4v) is 3.71. The standard InChI is InChI=1S/C22H24FN5O.ClH/c23-19-9-5-4-8-18(19)20(14-16-6-2-1-3-7-16)25-22(29)21-15-28(27-26-21)17-10-12-24-13-11-17;/h1-9,15,17,20,24H,10-14H2,(H,25,29);1H. The predicted molar refractivity (Wildman–Crippen MR) is 115 cm³/mol. The van der Waals surface area contributed by atoms with E-state index in [1.54, 1.807) is 29.1 Å². The van der Waals surface area contributed by atoms with E-state index in [2.05, 4.69) is 20.9 Å². The summed E-state index contributed by atoms with van der Waals surface area (Å²) in [5.41, 5.74) is 1.72. The molecular formula is C22H25ClFN5O. The molecule has 1 fully saturated rings. The first-order valence-electron chi connectivity index (χ1n) is 9.92. The van der Waals surface area contributed by atoms with Crippen molar-refractivity contribution in [2.75, 3.05) is 13.1 Å². The minimum absolute atomic E-state index is 0. The topological polar surface area (TPSA) is 71.8 Å². The van der Waals surface area contributed by atoms with Crippen molar-refractivity contribution >= 4 is 18.3 Å². The molecule has 30 heavy (non-hydrogen) atoms. The maximum atomic E-state index is 14.5. The van der Waals surface area contributed by atoms with Crippen molar-refractivity contribution in [2.24, 2.45) is 0 Å². The fourth-order valence-electron chi connectivity index (χ4n) is 3.71. The highest BCUT2D eigenvalue weighted by molar-refractivity contribution is 5.92. The van der Waals surface area contributed by atoms with Crippen LogP contribution in [-0.4, -0.2) is 34.0 Å². The van der Waals surface area contributed by atoms with Crippen molar-refractivity contribution < 1.29 is 9.18 Å². The molecule has 1 unspecified atom stereocenters. The predicted octanol–water partition coefficient (Wildman–Crippen LogP) is 3.48. The Hall–Kier alpha value is -2.77. The molecule has 0 radical (unpaired) electrons. The second-order valence-corrected chi connectivity index (χ2v) is 7.30. The Morgan fingerprint density at radius 2 is 1.83 bits per heavy atom. The third-order valence-electron chi connectivity index (χ3n) is 5.29. The highest BCUT2D eigenvalue weighted by Crippen LogP contribution is 2.22. The quantitative estimate of drug-likeness (QED) is 0.629. The van der Waals surface area contributed by atoms with Crippen molar-refractivity contribution in [3.05, 3.63) is 83.4 Å². The number of aromatic nitrogens is 3. The molecule has 1 aromatic heterocycles. The number of amides is 1. The number of carbonyl (C=O) groups excluding carboxylic acids is 1. The number of piperidine rings is 1. The molecule has 2 N–H and O–H groups in total. The van der Waals surface area contributed by atoms with Crippen molar-refractivity contribution in [3.8, 4) is 0 Å². The number of hydrogen-bond acceptors (Lipinski definition) is 4. The summed E-state index contributed by atoms with van der Waals surface area (Å²) in [6, 6.07) is 16.0. The first-order valence-corrected chi connectivity index (χ1v) is 9.92. The molecule has 1 saturated heterocycles. The fraction of sp³-hybridized carbons (Fsp3) is 0.318. The summed E-state index contributed by atoms with van der Waals surface area (Å²) in [6.45, 7) is 1.86. The maximum Gasteiger partial charge on any atom is 0.273 e. The van der Waals surface area contributed by atoms with Crippen LogP contribution in [0.3, 0.4) is 0 Å². The van der Waals surface area contributed by atoms with Gasteiger partial charge in [0.25, 0.3) is 5.91 Å². The van der Waals surface area contributed by atoms with E-state index in [1.165, 1.54) is 6.07 Å². The highest BCUT2D eigenvalue weighted by atomic mass is 35.5. The van der Waals surface area contributed by atoms with E-state index in [0.29, 0.717) is 12.0 Å². The lowest BCUT2D eigenvalue weighted by molar-refractivity contribution is 0.0930. The minimum Gasteiger partial charge on any atom is -0.343 e. The van der Waals surface area contributed by atoms with Gasteiger partial charge in [-0.25, -0.2) is 9.07 Å². The molecule has 0 bridgehead atoms. The van der Waals surface area contributed by atoms with Gasteiger partial charge in [0.15, 0.2) is 5.69 Å². The van der Waals surface area contributed by atoms with Crippen LogP contribution in [0, 0.1) is 5.82 Å². The lowest BCUT2D eigenvalue weighted by atomic mass is 9.98. The number of halogens is 2. The van der Waals surface area contributed by atoms with E-state index in [9.17, 15) is 9.18 Å². The van der Waals surface area contributed by atoms with Crippen molar-refractivity contribution in [1.29, 1.82) is 0 Å². The monoisotopic (exact) mass is 429 g/mol. The van der Waals surface area contributed by atoms with Gasteiger partial charge in [-0.05, 0) is 44.0 Å². The molecule has 6 nitrogen and oxygen atoms in total. The molecule has 1 atom stereocenters. The van der Waals surface area contributed by atoms with E-state index in [4.69, 9.17) is 0 Å². The first-order chi connectivity index (χ1) is 14.2. The van der Waals surface area contributed by atoms with Crippen LogP contribution in [0.4, 0.5) is 4.39 Å². The smallest absolute Gasteiger partial charge is 0.273 e. The van der Waals surface area contributed by atoms with Crippen LogP contribution in [0.2, 0.25) is 0 Å². The third kappa shape index (κ3) is 5.23. The van der Waals surface area contributed by atoms with Gasteiger partial charge in [-0.1, -0.05) is 53.7 Å². The zero-order valence-corrected chi connectivity index (χ0v) is 17.3. The average molecular weight is 430 g/mol. The molecular weight excluding hydrogens is 405 g/mol. The Labute approximate surface area is 181 Å². The Kier molecular flexibility index (Phi) is 7.54. The van der Waals surface area contributed by atoms with Gasteiger partial charge in [0.05, 0.1) is 18.3 Å². The third-order valence-corrected chi connectivity index (χ3v) is 5.29. The number of benzene rings is 2. The van der Waals surface area contributed by atoms with Gasteiger partial charge in [0, 0.05) is 5.56 Å². The van der Waals surface area contributed by atoms with Crippen LogP contribution in [0.1, 0.15) is 46.5 Å². The summed E-state index contributed by atoms with van der Waals surface area (Å²) in [6.07, 6.45) is 4.08. The summed E-state index contributed by atoms with van der Waals surface area (Å²) < 4.78 is 16.2. The largest absolute Gasteiger partial charge is 0.343 e. The molecule has 0 spiro atoms. The molecule has 8 heteroatoms. The number of nitrogens with one attached hydrogen (secondary N) is 2. The zero-order chi connectivity index (χ0) is 20.1. The van der Waals surface area contributed by atoms with Gasteiger partial charge in [-0.3, -0.25) is 4.79 Å². The molecule has 158 valence electrons. The van der Waals surface area contributed by atoms with E-state index in [0.717, 1.165) is 31.5 Å². The van der Waals surface area contributed by atoms with Gasteiger partial charge < -0.3 is 10.6 Å². The van der Waals surface area contributed by atoms with Crippen LogP contribution < -0.4 is 10.6 Å². The Morgan fingerprint density at radius 1 is 1.13 bits per heavy atom. The molecule has 0 aliphatic carbocycles. The van der Waals surface area contributed by atoms with Gasteiger partial charge in [-0.15, -0.1) is 17.5 Å². The SMILES string of the molecule is Cl.O=C(NC(Cc1ccccc1)c1ccccc1F)c1cn(C2CCNCC2)nn1. The first kappa shape index (κ1) is 21.9. The second kappa shape index (κ2) is 10.3. The minimum atomic E-state index is -0.505. The maximum absolute atomic E-state index is 14.5. The highest BCUT2D eigenvalue weighted by Gasteiger charge is 2.23. The normalized spacial score (nSPS) is 15.2. The average Bonchev–Trinajstić information content (AvgIpc) is 3.26. The van der Waals surface area contributed by atoms with Crippen LogP contribution in [-0.2, 0) is 6.42 Å². The van der Waals surface area contributed by atoms with Gasteiger partial charge in [0.2, 0.25) is 0 Å². The molecule has 4 rings (SSSR count). The molecule has 2 aromatic carbocycles. The second-order valence-electron chi connectivity index (χ2n) is 7.30. The lowest BCUT2D eigenvalue weighted by Gasteiger charge is -2.22. The Morgan fingerprint density at radius 3 is 2.57 bits per heavy atom. The molecule has 1 amide bonds. The van der Waals surface area contributed by atoms with E-state index >= 15 is 0 Å². The zero-order valence-electron chi connectivity index (χ0n) is 16.5. The summed E-state index contributed by atoms with van der Waals surface area (Å²) in [5, 5.41) is 14.5. The van der Waals surface area contributed by atoms with Crippen LogP contribution in [0.15, 0.2) is 60.8 Å². The number of carbonyl (C=O) groups is 1. The number of nitrogens with zero attached hydrogens (tertiary/aromatic N) is 3. The van der Waals surface area contributed by atoms with E-state index in [-0.39, 0.29) is 35.9 Å². The molecule has 2 heterocycles. The van der Waals surface area contributed by atoms with Gasteiger partial charge in [-0.2, -0.15) is 0 Å². The summed E-state index contributed by atoms with van der Waals surface area (Å²) >= 11 is 0. The van der Waals surface area contributed by atoms with Crippen LogP contribution >= 0.6 is 12.4 Å². The van der Waals surface area contributed by atoms with Crippen LogP contribution in [0.25, 0.3) is 0 Å². The van der Waals surface area contributed by atoms with Gasteiger partial charge >= 0.3 is 0 Å². The summed E-state index contributed by atoms with van der Waals surface area (Å²) in [7, 11) is 0. The summed E-state index contributed by atoms with van der Waals surface area (Å²) in [4.78, 5) is 12.9. The van der Waals surface area contributed by atoms with Crippen LogP contribution in [0.5, 0.6) is 0 Å². The molecule has 3 aromatic rings. The lowest BCUT2D eigenvalue weighted by Crippen LogP contribution is -2.31. The molecule has 1 aliphatic rings. The van der Waals surface area contributed by atoms with E-state index < -0.39 is 6.04 Å². The molecule has 0 saturated carbocycles. The van der Waals surface area contributed by atoms with Crippen molar-refractivity contribution in [3.63, 3.8) is 0 Å². The Balaban J connectivity index is 0.00000256. The Bertz CT molecular complexity index is 959. The van der Waals surface area contributed by atoms with Gasteiger partial charge in [0.1, 0.15) is 5.82 Å². The van der Waals surface area contributed by atoms with Crippen molar-refractivity contribution in [2.45, 2.75) is 31.3 Å². The molecule has 1 aliphatic heterocycles. The summed E-state index contributed by atoms with van der Waals surface area (Å²) in [5.74, 6) is -0.693. The van der Waals surface area contributed by atoms with Crippen molar-refractivity contribution in [1.82, 2.24) is 25.6 Å². The van der Waals surface area contributed by atoms with E-state index in [1.807, 2.05) is 30.3 Å². The number of hydrogen-bond donors (Lipinski definition) is 2. The number of rotatable bonds is 6.